The van der Waals surface area contributed by atoms with Crippen LogP contribution < -0.4 is 59.1 Å². The van der Waals surface area contributed by atoms with Gasteiger partial charge in [0, 0.05) is 53.5 Å². The minimum Gasteiger partial charge on any atom is -0.744 e. The van der Waals surface area contributed by atoms with Crippen LogP contribution in [0, 0.1) is 20.2 Å². The summed E-state index contributed by atoms with van der Waals surface area (Å²) >= 11 is 0. The minimum atomic E-state index is -5.39. The second-order valence-corrected chi connectivity index (χ2v) is 9.81. The maximum Gasteiger partial charge on any atom is 1.00 e. The Kier molecular flexibility index (Phi) is 14.3. The summed E-state index contributed by atoms with van der Waals surface area (Å²) in [6, 6.07) is 4.32. The van der Waals surface area contributed by atoms with Gasteiger partial charge in [-0.3, -0.25) is 20.2 Å². The van der Waals surface area contributed by atoms with E-state index in [1.54, 1.807) is 0 Å². The average Bonchev–Trinajstić information content (AvgIpc) is 2.82. The molecule has 0 spiro atoms. The smallest absolute Gasteiger partial charge is 0.744 e. The van der Waals surface area contributed by atoms with Crippen molar-refractivity contribution >= 4 is 54.4 Å². The van der Waals surface area contributed by atoms with E-state index < -0.39 is 91.2 Å². The summed E-state index contributed by atoms with van der Waals surface area (Å²) in [5.74, 6) is -2.86. The summed E-state index contributed by atoms with van der Waals surface area (Å²) < 4.78 is 68.5. The van der Waals surface area contributed by atoms with E-state index in [2.05, 4.69) is 20.5 Å². The number of nitro groups is 2. The van der Waals surface area contributed by atoms with Gasteiger partial charge < -0.3 is 24.4 Å². The van der Waals surface area contributed by atoms with Crippen LogP contribution in [0.1, 0.15) is 0 Å². The molecule has 0 unspecified atom stereocenters. The van der Waals surface area contributed by atoms with Crippen LogP contribution in [-0.2, 0) is 37.3 Å². The zero-order valence-corrected chi connectivity index (χ0v) is 27.3. The van der Waals surface area contributed by atoms with E-state index in [9.17, 15) is 61.5 Å². The molecule has 0 aliphatic rings. The molecule has 3 rings (SSSR count). The summed E-state index contributed by atoms with van der Waals surface area (Å²) in [5.41, 5.74) is -4.33. The Morgan fingerprint density at radius 2 is 1.02 bits per heavy atom. The summed E-state index contributed by atoms with van der Waals surface area (Å²) in [4.78, 5) is 17.4. The number of hydrogen-bond acceptors (Lipinski definition) is 17. The van der Waals surface area contributed by atoms with Crippen LogP contribution in [0.15, 0.2) is 72.7 Å². The monoisotopic (exact) mass is 691 g/mol. The minimum absolute atomic E-state index is 0. The summed E-state index contributed by atoms with van der Waals surface area (Å²) in [5, 5.41) is 65.8. The van der Waals surface area contributed by atoms with Crippen molar-refractivity contribution in [3.05, 3.63) is 62.7 Å². The van der Waals surface area contributed by atoms with E-state index in [0.717, 1.165) is 18.2 Å². The molecule has 0 saturated heterocycles. The third-order valence-electron chi connectivity index (χ3n) is 4.55. The first kappa shape index (κ1) is 39.4. The zero-order chi connectivity index (χ0) is 29.3. The van der Waals surface area contributed by atoms with E-state index in [-0.39, 0.29) is 76.2 Å². The molecule has 0 aliphatic heterocycles. The number of azo groups is 2. The number of rotatable bonds is 8. The van der Waals surface area contributed by atoms with E-state index in [1.807, 2.05) is 0 Å². The number of phenols is 3. The summed E-state index contributed by atoms with van der Waals surface area (Å²) in [7, 11) is -10.7. The molecule has 215 valence electrons. The first-order valence-electron chi connectivity index (χ1n) is 9.60. The molecule has 0 heterocycles. The quantitative estimate of drug-likeness (QED) is 0.0711. The SMILES string of the molecule is O=[N+]([O-])c1ccc(N=Nc2cc(N=Nc3cc([N+](=O)[O-])cc(S(=O)(=O)[O-])c3O)c(O)cc2O)c(S(=O)(=O)[O-])c1.[Cu].[Na+].[Na+]. The van der Waals surface area contributed by atoms with Crippen molar-refractivity contribution < 1.29 is 127 Å². The summed E-state index contributed by atoms with van der Waals surface area (Å²) in [6.45, 7) is 0. The molecule has 42 heavy (non-hydrogen) atoms. The molecule has 0 aromatic heterocycles. The van der Waals surface area contributed by atoms with Crippen LogP contribution in [0.2, 0.25) is 0 Å². The number of benzene rings is 3. The molecule has 0 saturated carbocycles. The van der Waals surface area contributed by atoms with Gasteiger partial charge in [-0.05, 0) is 6.07 Å². The fourth-order valence-corrected chi connectivity index (χ4v) is 4.02. The maximum absolute atomic E-state index is 11.5. The first-order chi connectivity index (χ1) is 18.0. The van der Waals surface area contributed by atoms with Gasteiger partial charge in [-0.25, -0.2) is 16.8 Å². The number of aromatic hydroxyl groups is 3. The van der Waals surface area contributed by atoms with Gasteiger partial charge in [0.2, 0.25) is 0 Å². The van der Waals surface area contributed by atoms with Gasteiger partial charge in [0.05, 0.1) is 14.7 Å². The van der Waals surface area contributed by atoms with Crippen molar-refractivity contribution in [2.24, 2.45) is 20.5 Å². The first-order valence-corrected chi connectivity index (χ1v) is 12.4. The average molecular weight is 692 g/mol. The van der Waals surface area contributed by atoms with Crippen LogP contribution in [0.3, 0.4) is 0 Å². The Morgan fingerprint density at radius 1 is 0.595 bits per heavy atom. The van der Waals surface area contributed by atoms with Gasteiger partial charge in [-0.2, -0.15) is 0 Å². The van der Waals surface area contributed by atoms with Crippen LogP contribution in [0.5, 0.6) is 17.2 Å². The molecule has 0 aliphatic carbocycles. The molecule has 0 fully saturated rings. The Hall–Kier alpha value is -2.60. The second kappa shape index (κ2) is 15.2. The molecule has 24 heteroatoms. The molecule has 3 aromatic carbocycles. The molecule has 0 amide bonds. The number of nitrogens with zero attached hydrogens (tertiary/aromatic N) is 6. The van der Waals surface area contributed by atoms with Crippen molar-refractivity contribution in [2.45, 2.75) is 9.79 Å². The molecule has 0 atom stereocenters. The standard InChI is InChI=1S/C18H12N6O13S2.Cu.2Na/c25-14-7-15(26)12(21-22-13-3-9(24(30)31)5-17(18(13)27)39(35,36)37)6-11(14)20-19-10-2-1-8(23(28)29)4-16(10)38(32,33)34;;;/h1-7,25-27H,(H,32,33,34)(H,35,36,37);;;/q;;2*+1/p-2. The fourth-order valence-electron chi connectivity index (χ4n) is 2.78. The predicted molar refractivity (Wildman–Crippen MR) is 122 cm³/mol. The van der Waals surface area contributed by atoms with Gasteiger partial charge in [0.15, 0.2) is 5.75 Å². The molecule has 19 nitrogen and oxygen atoms in total. The van der Waals surface area contributed by atoms with Crippen molar-refractivity contribution in [1.29, 1.82) is 0 Å². The number of nitro benzene ring substituents is 2. The van der Waals surface area contributed by atoms with E-state index in [1.165, 1.54) is 0 Å². The van der Waals surface area contributed by atoms with E-state index in [0.29, 0.717) is 24.3 Å². The van der Waals surface area contributed by atoms with Crippen molar-refractivity contribution in [3.63, 3.8) is 0 Å². The maximum atomic E-state index is 11.5. The molecule has 3 N–H and O–H groups in total. The molecule has 1 radical (unpaired) electrons. The molecular weight excluding hydrogens is 682 g/mol. The fraction of sp³-hybridized carbons (Fsp3) is 0. The zero-order valence-electron chi connectivity index (χ0n) is 20.8. The predicted octanol–water partition coefficient (Wildman–Crippen LogP) is -2.74. The Labute approximate surface area is 289 Å². The van der Waals surface area contributed by atoms with E-state index in [4.69, 9.17) is 0 Å². The van der Waals surface area contributed by atoms with Crippen LogP contribution in [0.4, 0.5) is 34.1 Å². The van der Waals surface area contributed by atoms with Crippen LogP contribution in [0.25, 0.3) is 0 Å². The van der Waals surface area contributed by atoms with Crippen molar-refractivity contribution in [3.8, 4) is 17.2 Å². The van der Waals surface area contributed by atoms with Crippen LogP contribution in [-0.4, -0.2) is 51.1 Å². The number of phenolic OH excluding ortho intramolecular Hbond substituents is 3. The summed E-state index contributed by atoms with van der Waals surface area (Å²) in [6.07, 6.45) is 0. The van der Waals surface area contributed by atoms with Crippen molar-refractivity contribution in [1.82, 2.24) is 0 Å². The van der Waals surface area contributed by atoms with Gasteiger partial charge >= 0.3 is 59.1 Å². The van der Waals surface area contributed by atoms with Gasteiger partial charge in [-0.1, -0.05) is 0 Å². The third-order valence-corrected chi connectivity index (χ3v) is 6.26. The van der Waals surface area contributed by atoms with Crippen LogP contribution >= 0.6 is 0 Å². The van der Waals surface area contributed by atoms with E-state index >= 15 is 0 Å². The van der Waals surface area contributed by atoms with Crippen molar-refractivity contribution in [2.75, 3.05) is 0 Å². The van der Waals surface area contributed by atoms with Gasteiger partial charge in [-0.15, -0.1) is 20.5 Å². The molecule has 0 bridgehead atoms. The molecule has 3 aromatic rings. The number of hydrogen-bond donors (Lipinski definition) is 3. The molecular formula is C18H10CuN6Na2O13S2. The second-order valence-electron chi connectivity index (χ2n) is 7.12. The Bertz CT molecular complexity index is 1820. The van der Waals surface area contributed by atoms with Gasteiger partial charge in [0.25, 0.3) is 11.4 Å². The third kappa shape index (κ3) is 9.45. The largest absolute Gasteiger partial charge is 1.00 e. The Balaban J connectivity index is 0.00000560. The number of non-ortho nitro benzene ring substituents is 2. The Morgan fingerprint density at radius 3 is 1.48 bits per heavy atom. The normalized spacial score (nSPS) is 11.4. The topological polar surface area (TPSA) is 311 Å². The van der Waals surface area contributed by atoms with Gasteiger partial charge in [0.1, 0.15) is 59.4 Å².